The van der Waals surface area contributed by atoms with Gasteiger partial charge >= 0.3 is 0 Å². The predicted octanol–water partition coefficient (Wildman–Crippen LogP) is 3.38. The minimum atomic E-state index is -0.175. The van der Waals surface area contributed by atoms with Crippen molar-refractivity contribution in [3.05, 3.63) is 99.5 Å². The number of fused-ring (bicyclic) bond motifs is 1. The zero-order chi connectivity index (χ0) is 27.6. The molecular weight excluding hydrogens is 510 g/mol. The number of unbranched alkanes of at least 4 members (excludes halogenated alkanes) is 1. The number of nitrogens with two attached hydrogens (primary N) is 2. The molecule has 6 N–H and O–H groups in total. The van der Waals surface area contributed by atoms with Crippen molar-refractivity contribution in [2.45, 2.75) is 51.6 Å². The molecule has 39 heavy (non-hydrogen) atoms. The van der Waals surface area contributed by atoms with E-state index in [9.17, 15) is 9.59 Å². The number of aromatic nitrogens is 2. The number of rotatable bonds is 12. The number of nitrogens with one attached hydrogen (secondary N) is 2. The normalized spacial score (nSPS) is 13.8. The molecule has 0 saturated carbocycles. The number of aryl methyl sites for hydroxylation is 1. The molecule has 0 fully saturated rings. The summed E-state index contributed by atoms with van der Waals surface area (Å²) in [5, 5.41) is 15.3. The largest absolute Gasteiger partial charge is 0.402 e. The number of hydrogen-bond acceptors (Lipinski definition) is 8. The van der Waals surface area contributed by atoms with Gasteiger partial charge in [0.15, 0.2) is 0 Å². The van der Waals surface area contributed by atoms with Crippen molar-refractivity contribution in [2.75, 3.05) is 12.4 Å². The van der Waals surface area contributed by atoms with E-state index in [2.05, 4.69) is 38.8 Å². The lowest BCUT2D eigenvalue weighted by Gasteiger charge is -2.08. The summed E-state index contributed by atoms with van der Waals surface area (Å²) in [6, 6.07) is 15.6. The van der Waals surface area contributed by atoms with E-state index in [-0.39, 0.29) is 24.1 Å². The Morgan fingerprint density at radius 3 is 2.62 bits per heavy atom. The maximum Gasteiger partial charge on any atom is 0.230 e. The van der Waals surface area contributed by atoms with Crippen LogP contribution in [0.4, 0.5) is 5.13 Å². The van der Waals surface area contributed by atoms with Crippen LogP contribution in [0.25, 0.3) is 0 Å². The van der Waals surface area contributed by atoms with Crippen LogP contribution in [0, 0.1) is 0 Å². The molecule has 1 aromatic heterocycles. The standard InChI is InChI=1S/C29H35N7O2S/c1-36-18-22-11-7-10-21(24(22)19-36)17-27(38)33-29-35-34-28(39-29)13-6-5-12-23(30)14-15-25(31)32-26(37)16-20-8-3-2-4-9-20/h2-4,7-11,14-15H,5-6,12-13,16-19,30-31H2,1H3,(H,32,37)(H,33,35,38)/b23-14-,25-15+. The second-order valence-electron chi connectivity index (χ2n) is 9.73. The lowest BCUT2D eigenvalue weighted by atomic mass is 10.0. The first-order valence-corrected chi connectivity index (χ1v) is 13.8. The molecule has 0 radical (unpaired) electrons. The minimum absolute atomic E-state index is 0.0813. The van der Waals surface area contributed by atoms with Crippen molar-refractivity contribution in [3.8, 4) is 0 Å². The van der Waals surface area contributed by atoms with Crippen LogP contribution in [0.2, 0.25) is 0 Å². The number of allylic oxidation sites excluding steroid dienone is 3. The third kappa shape index (κ3) is 8.76. The van der Waals surface area contributed by atoms with Gasteiger partial charge in [-0.1, -0.05) is 59.9 Å². The molecule has 2 heterocycles. The summed E-state index contributed by atoms with van der Waals surface area (Å²) in [5.41, 5.74) is 17.2. The first-order valence-electron chi connectivity index (χ1n) is 13.0. The molecule has 0 saturated heterocycles. The lowest BCUT2D eigenvalue weighted by Crippen LogP contribution is -2.28. The van der Waals surface area contributed by atoms with Gasteiger partial charge in [-0.05, 0) is 60.7 Å². The van der Waals surface area contributed by atoms with E-state index in [0.717, 1.165) is 48.5 Å². The van der Waals surface area contributed by atoms with Crippen LogP contribution in [0.15, 0.2) is 72.2 Å². The van der Waals surface area contributed by atoms with Crippen molar-refractivity contribution < 1.29 is 9.59 Å². The zero-order valence-corrected chi connectivity index (χ0v) is 23.0. The number of benzene rings is 2. The summed E-state index contributed by atoms with van der Waals surface area (Å²) in [6.45, 7) is 1.79. The van der Waals surface area contributed by atoms with E-state index < -0.39 is 0 Å². The first-order chi connectivity index (χ1) is 18.9. The van der Waals surface area contributed by atoms with Gasteiger partial charge in [-0.2, -0.15) is 0 Å². The highest BCUT2D eigenvalue weighted by Gasteiger charge is 2.20. The van der Waals surface area contributed by atoms with Gasteiger partial charge < -0.3 is 22.1 Å². The Bertz CT molecular complexity index is 1350. The zero-order valence-electron chi connectivity index (χ0n) is 22.2. The molecule has 0 bridgehead atoms. The molecule has 0 atom stereocenters. The fourth-order valence-electron chi connectivity index (χ4n) is 4.48. The lowest BCUT2D eigenvalue weighted by molar-refractivity contribution is -0.119. The Morgan fingerprint density at radius 2 is 1.79 bits per heavy atom. The monoisotopic (exact) mass is 545 g/mol. The quantitative estimate of drug-likeness (QED) is 0.202. The molecule has 3 aromatic rings. The predicted molar refractivity (Wildman–Crippen MR) is 154 cm³/mol. The molecule has 2 amide bonds. The van der Waals surface area contributed by atoms with Crippen molar-refractivity contribution in [1.29, 1.82) is 0 Å². The molecule has 1 aliphatic heterocycles. The van der Waals surface area contributed by atoms with Gasteiger partial charge in [0, 0.05) is 25.2 Å². The van der Waals surface area contributed by atoms with E-state index in [0.29, 0.717) is 23.7 Å². The van der Waals surface area contributed by atoms with Crippen LogP contribution in [0.3, 0.4) is 0 Å². The third-order valence-corrected chi connectivity index (χ3v) is 7.28. The number of hydrogen-bond donors (Lipinski definition) is 4. The molecule has 204 valence electrons. The van der Waals surface area contributed by atoms with Gasteiger partial charge in [0.1, 0.15) is 10.8 Å². The Morgan fingerprint density at radius 1 is 0.974 bits per heavy atom. The highest BCUT2D eigenvalue weighted by molar-refractivity contribution is 7.15. The van der Waals surface area contributed by atoms with Gasteiger partial charge in [0.2, 0.25) is 16.9 Å². The van der Waals surface area contributed by atoms with Crippen LogP contribution in [-0.4, -0.2) is 34.0 Å². The topological polar surface area (TPSA) is 139 Å². The van der Waals surface area contributed by atoms with Crippen molar-refractivity contribution in [1.82, 2.24) is 20.4 Å². The van der Waals surface area contributed by atoms with Crippen molar-refractivity contribution in [2.24, 2.45) is 11.5 Å². The average Bonchev–Trinajstić information content (AvgIpc) is 3.51. The van der Waals surface area contributed by atoms with Crippen LogP contribution >= 0.6 is 11.3 Å². The van der Waals surface area contributed by atoms with E-state index in [4.69, 9.17) is 11.5 Å². The number of nitrogens with zero attached hydrogens (tertiary/aromatic N) is 3. The summed E-state index contributed by atoms with van der Waals surface area (Å²) in [5.74, 6) is -0.000560. The maximum absolute atomic E-state index is 12.6. The van der Waals surface area contributed by atoms with Gasteiger partial charge in [0.25, 0.3) is 0 Å². The summed E-state index contributed by atoms with van der Waals surface area (Å²) < 4.78 is 0. The second kappa shape index (κ2) is 13.7. The van der Waals surface area contributed by atoms with Gasteiger partial charge in [-0.15, -0.1) is 10.2 Å². The fraction of sp³-hybridized carbons (Fsp3) is 0.310. The number of carbonyl (C=O) groups excluding carboxylic acids is 2. The summed E-state index contributed by atoms with van der Waals surface area (Å²) in [6.07, 6.45) is 7.12. The van der Waals surface area contributed by atoms with E-state index in [1.54, 1.807) is 12.2 Å². The van der Waals surface area contributed by atoms with Crippen molar-refractivity contribution >= 4 is 28.3 Å². The van der Waals surface area contributed by atoms with E-state index >= 15 is 0 Å². The fourth-order valence-corrected chi connectivity index (χ4v) is 5.27. The third-order valence-electron chi connectivity index (χ3n) is 6.38. The highest BCUT2D eigenvalue weighted by atomic mass is 32.1. The Kier molecular flexibility index (Phi) is 9.82. The van der Waals surface area contributed by atoms with Crippen LogP contribution in [-0.2, 0) is 41.9 Å². The number of anilines is 1. The summed E-state index contributed by atoms with van der Waals surface area (Å²) >= 11 is 1.40. The molecule has 9 nitrogen and oxygen atoms in total. The molecule has 0 spiro atoms. The summed E-state index contributed by atoms with van der Waals surface area (Å²) in [7, 11) is 2.08. The van der Waals surface area contributed by atoms with Crippen molar-refractivity contribution in [3.63, 3.8) is 0 Å². The average molecular weight is 546 g/mol. The Labute approximate surface area is 233 Å². The molecular formula is C29H35N7O2S. The number of amides is 2. The molecule has 2 aromatic carbocycles. The SMILES string of the molecule is CN1Cc2cccc(CC(=O)Nc3nnc(CCCC/C(N)=C/C=C(\N)NC(=O)Cc4ccccc4)s3)c2C1. The van der Waals surface area contributed by atoms with Gasteiger partial charge in [-0.25, -0.2) is 0 Å². The smallest absolute Gasteiger partial charge is 0.230 e. The molecule has 4 rings (SSSR count). The van der Waals surface area contributed by atoms with E-state index in [1.165, 1.54) is 22.5 Å². The maximum atomic E-state index is 12.6. The first kappa shape index (κ1) is 28.0. The Hall–Kier alpha value is -4.02. The Balaban J connectivity index is 1.15. The van der Waals surface area contributed by atoms with E-state index in [1.807, 2.05) is 42.5 Å². The van der Waals surface area contributed by atoms with Gasteiger partial charge in [-0.3, -0.25) is 14.5 Å². The summed E-state index contributed by atoms with van der Waals surface area (Å²) in [4.78, 5) is 26.9. The van der Waals surface area contributed by atoms with Crippen LogP contribution < -0.4 is 22.1 Å². The van der Waals surface area contributed by atoms with Crippen LogP contribution in [0.1, 0.15) is 46.5 Å². The van der Waals surface area contributed by atoms with Gasteiger partial charge in [0.05, 0.1) is 12.8 Å². The minimum Gasteiger partial charge on any atom is -0.402 e. The molecule has 0 aliphatic carbocycles. The molecule has 10 heteroatoms. The molecule has 1 aliphatic rings. The second-order valence-corrected chi connectivity index (χ2v) is 10.8. The number of carbonyl (C=O) groups is 2. The van der Waals surface area contributed by atoms with Crippen LogP contribution in [0.5, 0.6) is 0 Å². The highest BCUT2D eigenvalue weighted by Crippen LogP contribution is 2.25. The molecule has 0 unspecified atom stereocenters.